The summed E-state index contributed by atoms with van der Waals surface area (Å²) in [6.07, 6.45) is -4.38. The normalized spacial score (nSPS) is 13.5. The average molecular weight is 211 g/mol. The van der Waals surface area contributed by atoms with Crippen LogP contribution in [0.1, 0.15) is 20.3 Å². The molecular formula is C8H12F3NO2. The summed E-state index contributed by atoms with van der Waals surface area (Å²) in [5.41, 5.74) is 0. The maximum absolute atomic E-state index is 11.7. The van der Waals surface area contributed by atoms with E-state index < -0.39 is 24.4 Å². The molecule has 0 saturated heterocycles. The van der Waals surface area contributed by atoms with Crippen molar-refractivity contribution in [3.8, 4) is 0 Å². The Hall–Kier alpha value is -1.07. The van der Waals surface area contributed by atoms with Gasteiger partial charge in [0.05, 0.1) is 6.54 Å². The summed E-state index contributed by atoms with van der Waals surface area (Å²) in [7, 11) is 0. The molecule has 6 heteroatoms. The monoisotopic (exact) mass is 211 g/mol. The highest BCUT2D eigenvalue weighted by atomic mass is 19.4. The summed E-state index contributed by atoms with van der Waals surface area (Å²) in [5.74, 6) is -2.80. The van der Waals surface area contributed by atoms with Crippen LogP contribution in [0.25, 0.3) is 0 Å². The molecule has 3 nitrogen and oxygen atoms in total. The Balaban J connectivity index is 3.96. The molecule has 0 spiro atoms. The van der Waals surface area contributed by atoms with E-state index in [9.17, 15) is 22.8 Å². The van der Waals surface area contributed by atoms with Crippen molar-refractivity contribution in [1.82, 2.24) is 5.32 Å². The molecule has 0 aromatic carbocycles. The summed E-state index contributed by atoms with van der Waals surface area (Å²) in [4.78, 5) is 21.3. The second kappa shape index (κ2) is 4.97. The number of hydrogen-bond donors (Lipinski definition) is 1. The van der Waals surface area contributed by atoms with E-state index in [0.29, 0.717) is 6.42 Å². The molecule has 1 N–H and O–H groups in total. The first-order valence-electron chi connectivity index (χ1n) is 4.16. The quantitative estimate of drug-likeness (QED) is 0.761. The third-order valence-electron chi connectivity index (χ3n) is 1.84. The molecule has 14 heavy (non-hydrogen) atoms. The smallest absolute Gasteiger partial charge is 0.341 e. The van der Waals surface area contributed by atoms with Crippen LogP contribution >= 0.6 is 0 Å². The van der Waals surface area contributed by atoms with E-state index in [1.165, 1.54) is 5.32 Å². The molecule has 0 radical (unpaired) electrons. The Bertz CT molecular complexity index is 225. The molecule has 1 amide bonds. The van der Waals surface area contributed by atoms with Crippen molar-refractivity contribution in [2.75, 3.05) is 6.54 Å². The average Bonchev–Trinajstić information content (AvgIpc) is 2.10. The van der Waals surface area contributed by atoms with Gasteiger partial charge in [-0.25, -0.2) is 0 Å². The van der Waals surface area contributed by atoms with Gasteiger partial charge < -0.3 is 5.32 Å². The fourth-order valence-corrected chi connectivity index (χ4v) is 0.670. The zero-order valence-electron chi connectivity index (χ0n) is 7.94. The number of carbonyl (C=O) groups excluding carboxylic acids is 2. The van der Waals surface area contributed by atoms with Gasteiger partial charge in [0.1, 0.15) is 0 Å². The van der Waals surface area contributed by atoms with Gasteiger partial charge in [-0.05, 0) is 6.42 Å². The number of alkyl halides is 3. The van der Waals surface area contributed by atoms with Gasteiger partial charge in [0.25, 0.3) is 0 Å². The maximum atomic E-state index is 11.7. The van der Waals surface area contributed by atoms with Gasteiger partial charge in [0, 0.05) is 5.92 Å². The Morgan fingerprint density at radius 1 is 1.36 bits per heavy atom. The summed E-state index contributed by atoms with van der Waals surface area (Å²) >= 11 is 0. The molecular weight excluding hydrogens is 199 g/mol. The number of Topliss-reactive ketones (excluding diaryl/α,β-unsaturated/α-hetero) is 1. The predicted molar refractivity (Wildman–Crippen MR) is 43.5 cm³/mol. The van der Waals surface area contributed by atoms with Crippen LogP contribution in [0, 0.1) is 5.92 Å². The zero-order chi connectivity index (χ0) is 11.4. The Labute approximate surface area is 79.7 Å². The molecule has 1 atom stereocenters. The highest BCUT2D eigenvalue weighted by molar-refractivity contribution is 5.89. The lowest BCUT2D eigenvalue weighted by Crippen LogP contribution is -2.40. The molecule has 1 unspecified atom stereocenters. The molecule has 0 aliphatic carbocycles. The van der Waals surface area contributed by atoms with Crippen LogP contribution in [0.15, 0.2) is 0 Å². The number of nitrogens with one attached hydrogen (secondary N) is 1. The van der Waals surface area contributed by atoms with Gasteiger partial charge in [0.2, 0.25) is 0 Å². The van der Waals surface area contributed by atoms with E-state index in [1.54, 1.807) is 13.8 Å². The highest BCUT2D eigenvalue weighted by Gasteiger charge is 2.38. The van der Waals surface area contributed by atoms with E-state index in [-0.39, 0.29) is 5.92 Å². The molecule has 0 rings (SSSR count). The minimum absolute atomic E-state index is 0.330. The first-order chi connectivity index (χ1) is 6.29. The maximum Gasteiger partial charge on any atom is 0.471 e. The molecule has 0 fully saturated rings. The number of hydrogen-bond acceptors (Lipinski definition) is 2. The van der Waals surface area contributed by atoms with Crippen LogP contribution in [-0.2, 0) is 9.59 Å². The topological polar surface area (TPSA) is 46.2 Å². The first-order valence-corrected chi connectivity index (χ1v) is 4.16. The third-order valence-corrected chi connectivity index (χ3v) is 1.84. The second-order valence-electron chi connectivity index (χ2n) is 2.96. The summed E-state index contributed by atoms with van der Waals surface area (Å²) in [5, 5.41) is 1.52. The van der Waals surface area contributed by atoms with Crippen molar-refractivity contribution < 1.29 is 22.8 Å². The first kappa shape index (κ1) is 12.9. The van der Waals surface area contributed by atoms with Gasteiger partial charge in [-0.3, -0.25) is 9.59 Å². The summed E-state index contributed by atoms with van der Waals surface area (Å²) in [6.45, 7) is 2.78. The second-order valence-corrected chi connectivity index (χ2v) is 2.96. The van der Waals surface area contributed by atoms with Crippen molar-refractivity contribution in [2.45, 2.75) is 26.4 Å². The van der Waals surface area contributed by atoms with Gasteiger partial charge in [-0.1, -0.05) is 13.8 Å². The van der Waals surface area contributed by atoms with Crippen LogP contribution < -0.4 is 5.32 Å². The Morgan fingerprint density at radius 3 is 2.21 bits per heavy atom. The van der Waals surface area contributed by atoms with Crippen molar-refractivity contribution in [3.05, 3.63) is 0 Å². The van der Waals surface area contributed by atoms with Crippen molar-refractivity contribution >= 4 is 11.7 Å². The van der Waals surface area contributed by atoms with Gasteiger partial charge in [-0.15, -0.1) is 0 Å². The van der Waals surface area contributed by atoms with E-state index in [2.05, 4.69) is 0 Å². The molecule has 0 heterocycles. The molecule has 0 saturated carbocycles. The van der Waals surface area contributed by atoms with E-state index >= 15 is 0 Å². The van der Waals surface area contributed by atoms with Gasteiger partial charge in [-0.2, -0.15) is 13.2 Å². The van der Waals surface area contributed by atoms with E-state index in [0.717, 1.165) is 0 Å². The Kier molecular flexibility index (Phi) is 4.59. The SMILES string of the molecule is CCC(C)C(=O)CNC(=O)C(F)(F)F. The van der Waals surface area contributed by atoms with Gasteiger partial charge >= 0.3 is 12.1 Å². The zero-order valence-corrected chi connectivity index (χ0v) is 7.94. The fraction of sp³-hybridized carbons (Fsp3) is 0.750. The predicted octanol–water partition coefficient (Wildman–Crippen LogP) is 1.28. The number of amides is 1. The van der Waals surface area contributed by atoms with Crippen molar-refractivity contribution in [3.63, 3.8) is 0 Å². The lowest BCUT2D eigenvalue weighted by Gasteiger charge is -2.09. The minimum Gasteiger partial charge on any atom is -0.341 e. The summed E-state index contributed by atoms with van der Waals surface area (Å²) < 4.78 is 35.0. The standard InChI is InChI=1S/C8H12F3NO2/c1-3-5(2)6(13)4-12-7(14)8(9,10)11/h5H,3-4H2,1-2H3,(H,12,14). The highest BCUT2D eigenvalue weighted by Crippen LogP contribution is 2.14. The largest absolute Gasteiger partial charge is 0.471 e. The van der Waals surface area contributed by atoms with Crippen LogP contribution in [-0.4, -0.2) is 24.4 Å². The third kappa shape index (κ3) is 4.25. The van der Waals surface area contributed by atoms with E-state index in [1.807, 2.05) is 0 Å². The Morgan fingerprint density at radius 2 is 1.86 bits per heavy atom. The molecule has 0 aromatic heterocycles. The molecule has 0 aliphatic heterocycles. The fourth-order valence-electron chi connectivity index (χ4n) is 0.670. The number of halogens is 3. The number of rotatable bonds is 4. The number of carbonyl (C=O) groups is 2. The lowest BCUT2D eigenvalue weighted by atomic mass is 10.0. The van der Waals surface area contributed by atoms with Crippen LogP contribution in [0.3, 0.4) is 0 Å². The van der Waals surface area contributed by atoms with Crippen LogP contribution in [0.4, 0.5) is 13.2 Å². The van der Waals surface area contributed by atoms with Crippen LogP contribution in [0.5, 0.6) is 0 Å². The van der Waals surface area contributed by atoms with Crippen molar-refractivity contribution in [2.24, 2.45) is 5.92 Å². The van der Waals surface area contributed by atoms with Gasteiger partial charge in [0.15, 0.2) is 5.78 Å². The van der Waals surface area contributed by atoms with Crippen LogP contribution in [0.2, 0.25) is 0 Å². The summed E-state index contributed by atoms with van der Waals surface area (Å²) in [6, 6.07) is 0. The van der Waals surface area contributed by atoms with Crippen molar-refractivity contribution in [1.29, 1.82) is 0 Å². The van der Waals surface area contributed by atoms with E-state index in [4.69, 9.17) is 0 Å². The molecule has 0 bridgehead atoms. The molecule has 0 aromatic rings. The number of ketones is 1. The molecule has 0 aliphatic rings. The minimum atomic E-state index is -4.92. The lowest BCUT2D eigenvalue weighted by molar-refractivity contribution is -0.173. The molecule has 82 valence electrons.